The molecule has 0 saturated carbocycles. The van der Waals surface area contributed by atoms with Gasteiger partial charge in [-0.3, -0.25) is 4.79 Å². The minimum atomic E-state index is -0.294. The maximum Gasteiger partial charge on any atom is 0.275 e. The summed E-state index contributed by atoms with van der Waals surface area (Å²) in [6.45, 7) is 3.06. The van der Waals surface area contributed by atoms with Crippen molar-refractivity contribution in [1.29, 1.82) is 0 Å². The van der Waals surface area contributed by atoms with Crippen molar-refractivity contribution in [2.45, 2.75) is 19.8 Å². The predicted octanol–water partition coefficient (Wildman–Crippen LogP) is 3.62. The van der Waals surface area contributed by atoms with E-state index in [0.29, 0.717) is 10.7 Å². The Hall–Kier alpha value is -2.14. The summed E-state index contributed by atoms with van der Waals surface area (Å²) >= 11 is 5.81. The summed E-state index contributed by atoms with van der Waals surface area (Å²) in [5.41, 5.74) is 0.947. The number of carbonyl (C=O) groups excluding carboxylic acids is 1. The molecule has 22 heavy (non-hydrogen) atoms. The minimum Gasteiger partial charge on any atom is -0.358 e. The van der Waals surface area contributed by atoms with Gasteiger partial charge in [-0.15, -0.1) is 0 Å². The van der Waals surface area contributed by atoms with Crippen molar-refractivity contribution < 1.29 is 4.79 Å². The van der Waals surface area contributed by atoms with Crippen molar-refractivity contribution in [2.24, 2.45) is 0 Å². The molecule has 0 bridgehead atoms. The quantitative estimate of drug-likeness (QED) is 0.883. The van der Waals surface area contributed by atoms with E-state index in [1.807, 2.05) is 11.9 Å². The van der Waals surface area contributed by atoms with Crippen LogP contribution in [0.3, 0.4) is 0 Å². The van der Waals surface area contributed by atoms with E-state index in [-0.39, 0.29) is 11.6 Å². The van der Waals surface area contributed by atoms with E-state index in [2.05, 4.69) is 22.2 Å². The van der Waals surface area contributed by atoms with Crippen LogP contribution < -0.4 is 10.2 Å². The first-order chi connectivity index (χ1) is 10.6. The van der Waals surface area contributed by atoms with E-state index in [0.717, 1.165) is 25.2 Å². The second kappa shape index (κ2) is 7.75. The molecule has 0 spiro atoms. The lowest BCUT2D eigenvalue weighted by atomic mass is 10.3. The number of hydrogen-bond donors (Lipinski definition) is 1. The molecule has 6 heteroatoms. The number of aromatic nitrogens is 2. The molecule has 116 valence electrons. The zero-order valence-electron chi connectivity index (χ0n) is 12.7. The Balaban J connectivity index is 2.00. The van der Waals surface area contributed by atoms with Gasteiger partial charge in [0.05, 0.1) is 12.4 Å². The normalized spacial score (nSPS) is 10.3. The molecule has 0 atom stereocenters. The molecule has 1 aromatic carbocycles. The summed E-state index contributed by atoms with van der Waals surface area (Å²) in [7, 11) is 1.97. The number of nitrogens with zero attached hydrogens (tertiary/aromatic N) is 3. The fourth-order valence-electron chi connectivity index (χ4n) is 1.87. The van der Waals surface area contributed by atoms with Crippen LogP contribution in [0.4, 0.5) is 11.5 Å². The molecule has 1 heterocycles. The van der Waals surface area contributed by atoms with Crippen LogP contribution in [0.5, 0.6) is 0 Å². The van der Waals surface area contributed by atoms with Crippen molar-refractivity contribution in [2.75, 3.05) is 23.8 Å². The standard InChI is InChI=1S/C16H19ClN4O/c1-3-4-9-21(2)15-11-18-14(10-19-15)16(22)20-13-7-5-12(17)6-8-13/h5-8,10-11H,3-4,9H2,1-2H3,(H,20,22). The Morgan fingerprint density at radius 3 is 2.55 bits per heavy atom. The highest BCUT2D eigenvalue weighted by Gasteiger charge is 2.10. The summed E-state index contributed by atoms with van der Waals surface area (Å²) in [4.78, 5) is 22.6. The molecule has 1 N–H and O–H groups in total. The summed E-state index contributed by atoms with van der Waals surface area (Å²) in [5.74, 6) is 0.467. The fraction of sp³-hybridized carbons (Fsp3) is 0.312. The van der Waals surface area contributed by atoms with Gasteiger partial charge in [-0.25, -0.2) is 9.97 Å². The van der Waals surface area contributed by atoms with Gasteiger partial charge in [0.25, 0.3) is 5.91 Å². The molecule has 0 aliphatic carbocycles. The zero-order chi connectivity index (χ0) is 15.9. The molecule has 5 nitrogen and oxygen atoms in total. The third kappa shape index (κ3) is 4.43. The van der Waals surface area contributed by atoms with E-state index < -0.39 is 0 Å². The van der Waals surface area contributed by atoms with Crippen molar-refractivity contribution >= 4 is 29.0 Å². The Morgan fingerprint density at radius 1 is 1.23 bits per heavy atom. The first-order valence-electron chi connectivity index (χ1n) is 7.20. The largest absolute Gasteiger partial charge is 0.358 e. The van der Waals surface area contributed by atoms with Crippen molar-refractivity contribution in [3.05, 3.63) is 47.4 Å². The van der Waals surface area contributed by atoms with Crippen LogP contribution in [-0.2, 0) is 0 Å². The number of amides is 1. The summed E-state index contributed by atoms with van der Waals surface area (Å²) in [5, 5.41) is 3.38. The second-order valence-corrected chi connectivity index (χ2v) is 5.43. The lowest BCUT2D eigenvalue weighted by molar-refractivity contribution is 0.102. The van der Waals surface area contributed by atoms with Gasteiger partial charge in [-0.05, 0) is 30.7 Å². The zero-order valence-corrected chi connectivity index (χ0v) is 13.5. The van der Waals surface area contributed by atoms with Crippen LogP contribution >= 0.6 is 11.6 Å². The highest BCUT2D eigenvalue weighted by atomic mass is 35.5. The van der Waals surface area contributed by atoms with Gasteiger partial charge in [0.1, 0.15) is 11.5 Å². The van der Waals surface area contributed by atoms with E-state index in [9.17, 15) is 4.79 Å². The molecule has 0 unspecified atom stereocenters. The average Bonchev–Trinajstić information content (AvgIpc) is 2.55. The van der Waals surface area contributed by atoms with Crippen LogP contribution in [0.15, 0.2) is 36.7 Å². The van der Waals surface area contributed by atoms with Crippen LogP contribution in [0.1, 0.15) is 30.3 Å². The molecule has 2 aromatic rings. The SMILES string of the molecule is CCCCN(C)c1cnc(C(=O)Nc2ccc(Cl)cc2)cn1. The molecule has 1 aromatic heterocycles. The van der Waals surface area contributed by atoms with Gasteiger partial charge in [-0.2, -0.15) is 0 Å². The molecular weight excluding hydrogens is 300 g/mol. The van der Waals surface area contributed by atoms with Gasteiger partial charge < -0.3 is 10.2 Å². The molecule has 0 fully saturated rings. The molecule has 0 aliphatic heterocycles. The van der Waals surface area contributed by atoms with E-state index in [4.69, 9.17) is 11.6 Å². The number of rotatable bonds is 6. The monoisotopic (exact) mass is 318 g/mol. The maximum absolute atomic E-state index is 12.1. The molecular formula is C16H19ClN4O. The highest BCUT2D eigenvalue weighted by Crippen LogP contribution is 2.14. The highest BCUT2D eigenvalue weighted by molar-refractivity contribution is 6.30. The summed E-state index contributed by atoms with van der Waals surface area (Å²) < 4.78 is 0. The first-order valence-corrected chi connectivity index (χ1v) is 7.58. The number of nitrogens with one attached hydrogen (secondary N) is 1. The Bertz CT molecular complexity index is 613. The van der Waals surface area contributed by atoms with E-state index in [1.165, 1.54) is 6.20 Å². The van der Waals surface area contributed by atoms with Crippen molar-refractivity contribution in [3.8, 4) is 0 Å². The van der Waals surface area contributed by atoms with E-state index >= 15 is 0 Å². The topological polar surface area (TPSA) is 58.1 Å². The third-order valence-electron chi connectivity index (χ3n) is 3.21. The van der Waals surface area contributed by atoms with Gasteiger partial charge in [0.2, 0.25) is 0 Å². The maximum atomic E-state index is 12.1. The number of unbranched alkanes of at least 4 members (excludes halogenated alkanes) is 1. The first kappa shape index (κ1) is 16.2. The molecule has 0 saturated heterocycles. The van der Waals surface area contributed by atoms with Gasteiger partial charge in [0.15, 0.2) is 0 Å². The smallest absolute Gasteiger partial charge is 0.275 e. The number of benzene rings is 1. The molecule has 2 rings (SSSR count). The predicted molar refractivity (Wildman–Crippen MR) is 89.6 cm³/mol. The molecule has 1 amide bonds. The Labute approximate surface area is 135 Å². The number of halogens is 1. The average molecular weight is 319 g/mol. The van der Waals surface area contributed by atoms with Crippen LogP contribution in [0.2, 0.25) is 5.02 Å². The lowest BCUT2D eigenvalue weighted by Crippen LogP contribution is -2.21. The van der Waals surface area contributed by atoms with Gasteiger partial charge in [-0.1, -0.05) is 24.9 Å². The van der Waals surface area contributed by atoms with Gasteiger partial charge in [0, 0.05) is 24.3 Å². The number of carbonyl (C=O) groups is 1. The molecule has 0 aliphatic rings. The Morgan fingerprint density at radius 2 is 1.95 bits per heavy atom. The van der Waals surface area contributed by atoms with Crippen LogP contribution in [0, 0.1) is 0 Å². The number of anilines is 2. The van der Waals surface area contributed by atoms with E-state index in [1.54, 1.807) is 30.5 Å². The van der Waals surface area contributed by atoms with Gasteiger partial charge >= 0.3 is 0 Å². The minimum absolute atomic E-state index is 0.280. The number of hydrogen-bond acceptors (Lipinski definition) is 4. The van der Waals surface area contributed by atoms with Crippen LogP contribution in [0.25, 0.3) is 0 Å². The summed E-state index contributed by atoms with van der Waals surface area (Å²) in [6, 6.07) is 6.91. The van der Waals surface area contributed by atoms with Crippen molar-refractivity contribution in [1.82, 2.24) is 9.97 Å². The molecule has 0 radical (unpaired) electrons. The summed E-state index contributed by atoms with van der Waals surface area (Å²) in [6.07, 6.45) is 5.33. The fourth-order valence-corrected chi connectivity index (χ4v) is 2.00. The lowest BCUT2D eigenvalue weighted by Gasteiger charge is -2.17. The third-order valence-corrected chi connectivity index (χ3v) is 3.46. The second-order valence-electron chi connectivity index (χ2n) is 5.00. The van der Waals surface area contributed by atoms with Crippen LogP contribution in [-0.4, -0.2) is 29.5 Å². The van der Waals surface area contributed by atoms with Crippen molar-refractivity contribution in [3.63, 3.8) is 0 Å². The Kier molecular flexibility index (Phi) is 5.72.